The maximum atomic E-state index is 11.0. The number of hydrogen-bond acceptors (Lipinski definition) is 4. The van der Waals surface area contributed by atoms with Gasteiger partial charge in [-0.05, 0) is 13.8 Å². The molecule has 0 spiro atoms. The van der Waals surface area contributed by atoms with Crippen molar-refractivity contribution in [3.8, 4) is 0 Å². The zero-order chi connectivity index (χ0) is 10.6. The molecule has 1 aromatic rings. The summed E-state index contributed by atoms with van der Waals surface area (Å²) in [5.41, 5.74) is 0.652. The number of ketones is 1. The fraction of sp³-hybridized carbons (Fsp3) is 0.444. The second-order valence-corrected chi connectivity index (χ2v) is 3.08. The predicted molar refractivity (Wildman–Crippen MR) is 48.4 cm³/mol. The largest absolute Gasteiger partial charge is 0.361 e. The van der Waals surface area contributed by atoms with Crippen molar-refractivity contribution in [1.82, 2.24) is 10.5 Å². The first-order valence-corrected chi connectivity index (χ1v) is 4.26. The standard InChI is InChI=1S/C9H12N2O3/c1-6(12)3-9(13)10-5-8-4-7(2)14-11-8/h4H,3,5H2,1-2H3,(H,10,13). The van der Waals surface area contributed by atoms with E-state index in [1.807, 2.05) is 0 Å². The van der Waals surface area contributed by atoms with E-state index in [1.165, 1.54) is 6.92 Å². The van der Waals surface area contributed by atoms with Crippen molar-refractivity contribution in [2.75, 3.05) is 0 Å². The van der Waals surface area contributed by atoms with Crippen molar-refractivity contribution in [1.29, 1.82) is 0 Å². The van der Waals surface area contributed by atoms with Gasteiger partial charge in [-0.2, -0.15) is 0 Å². The van der Waals surface area contributed by atoms with Gasteiger partial charge in [0.15, 0.2) is 0 Å². The molecule has 5 nitrogen and oxygen atoms in total. The van der Waals surface area contributed by atoms with Crippen LogP contribution in [0.2, 0.25) is 0 Å². The summed E-state index contributed by atoms with van der Waals surface area (Å²) in [6, 6.07) is 1.73. The van der Waals surface area contributed by atoms with Gasteiger partial charge in [-0.15, -0.1) is 0 Å². The number of Topliss-reactive ketones (excluding diaryl/α,β-unsaturated/α-hetero) is 1. The molecule has 0 unspecified atom stereocenters. The summed E-state index contributed by atoms with van der Waals surface area (Å²) in [6.07, 6.45) is -0.0865. The van der Waals surface area contributed by atoms with Crippen molar-refractivity contribution in [2.24, 2.45) is 0 Å². The summed E-state index contributed by atoms with van der Waals surface area (Å²) in [5.74, 6) is 0.248. The molecular formula is C9H12N2O3. The van der Waals surface area contributed by atoms with Crippen LogP contribution >= 0.6 is 0 Å². The Morgan fingerprint density at radius 1 is 1.57 bits per heavy atom. The molecule has 5 heteroatoms. The molecule has 1 rings (SSSR count). The van der Waals surface area contributed by atoms with Gasteiger partial charge >= 0.3 is 0 Å². The molecule has 0 aliphatic rings. The van der Waals surface area contributed by atoms with Crippen LogP contribution in [0.5, 0.6) is 0 Å². The Balaban J connectivity index is 2.34. The van der Waals surface area contributed by atoms with E-state index >= 15 is 0 Å². The van der Waals surface area contributed by atoms with E-state index in [2.05, 4.69) is 10.5 Å². The minimum atomic E-state index is -0.293. The second-order valence-electron chi connectivity index (χ2n) is 3.08. The van der Waals surface area contributed by atoms with Crippen LogP contribution in [0.4, 0.5) is 0 Å². The number of nitrogens with zero attached hydrogens (tertiary/aromatic N) is 1. The first kappa shape index (κ1) is 10.4. The molecule has 76 valence electrons. The SMILES string of the molecule is CC(=O)CC(=O)NCc1cc(C)on1. The molecule has 0 aliphatic heterocycles. The molecule has 0 atom stereocenters. The van der Waals surface area contributed by atoms with Gasteiger partial charge in [-0.1, -0.05) is 5.16 Å². The zero-order valence-electron chi connectivity index (χ0n) is 8.16. The fourth-order valence-corrected chi connectivity index (χ4v) is 0.979. The van der Waals surface area contributed by atoms with Crippen LogP contribution in [0.25, 0.3) is 0 Å². The molecule has 0 fully saturated rings. The van der Waals surface area contributed by atoms with Gasteiger partial charge in [-0.25, -0.2) is 0 Å². The molecule has 1 amide bonds. The van der Waals surface area contributed by atoms with Crippen molar-refractivity contribution in [2.45, 2.75) is 26.8 Å². The topological polar surface area (TPSA) is 72.2 Å². The van der Waals surface area contributed by atoms with Gasteiger partial charge in [-0.3, -0.25) is 9.59 Å². The highest BCUT2D eigenvalue weighted by atomic mass is 16.5. The Morgan fingerprint density at radius 3 is 2.79 bits per heavy atom. The van der Waals surface area contributed by atoms with E-state index in [4.69, 9.17) is 4.52 Å². The molecule has 0 radical (unpaired) electrons. The molecular weight excluding hydrogens is 184 g/mol. The number of hydrogen-bond donors (Lipinski definition) is 1. The highest BCUT2D eigenvalue weighted by Crippen LogP contribution is 2.00. The highest BCUT2D eigenvalue weighted by molar-refractivity contribution is 5.96. The maximum Gasteiger partial charge on any atom is 0.227 e. The summed E-state index contributed by atoms with van der Waals surface area (Å²) >= 11 is 0. The molecule has 0 saturated heterocycles. The van der Waals surface area contributed by atoms with Crippen LogP contribution in [-0.2, 0) is 16.1 Å². The van der Waals surface area contributed by atoms with Crippen molar-refractivity contribution in [3.05, 3.63) is 17.5 Å². The molecule has 0 saturated carbocycles. The molecule has 1 aromatic heterocycles. The van der Waals surface area contributed by atoms with Crippen LogP contribution < -0.4 is 5.32 Å². The summed E-state index contributed by atoms with van der Waals surface area (Å²) < 4.78 is 4.81. The lowest BCUT2D eigenvalue weighted by atomic mass is 10.3. The molecule has 1 N–H and O–H groups in total. The smallest absolute Gasteiger partial charge is 0.227 e. The quantitative estimate of drug-likeness (QED) is 0.715. The Morgan fingerprint density at radius 2 is 2.29 bits per heavy atom. The number of nitrogens with one attached hydrogen (secondary N) is 1. The maximum absolute atomic E-state index is 11.0. The molecule has 1 heterocycles. The van der Waals surface area contributed by atoms with Gasteiger partial charge in [0.05, 0.1) is 13.0 Å². The third kappa shape index (κ3) is 3.38. The number of carbonyl (C=O) groups is 2. The Hall–Kier alpha value is -1.65. The third-order valence-electron chi connectivity index (χ3n) is 1.55. The number of aromatic nitrogens is 1. The van der Waals surface area contributed by atoms with E-state index in [1.54, 1.807) is 13.0 Å². The lowest BCUT2D eigenvalue weighted by Crippen LogP contribution is -2.24. The van der Waals surface area contributed by atoms with Crippen molar-refractivity contribution >= 4 is 11.7 Å². The normalized spacial score (nSPS) is 9.86. The molecule has 0 aromatic carbocycles. The summed E-state index contributed by atoms with van der Waals surface area (Å²) in [4.78, 5) is 21.6. The van der Waals surface area contributed by atoms with Crippen molar-refractivity contribution in [3.63, 3.8) is 0 Å². The first-order valence-electron chi connectivity index (χ1n) is 4.26. The van der Waals surface area contributed by atoms with E-state index < -0.39 is 0 Å². The minimum Gasteiger partial charge on any atom is -0.361 e. The first-order chi connectivity index (χ1) is 6.58. The average Bonchev–Trinajstić information content (AvgIpc) is 2.47. The van der Waals surface area contributed by atoms with E-state index in [9.17, 15) is 9.59 Å². The van der Waals surface area contributed by atoms with Crippen LogP contribution in [0.3, 0.4) is 0 Å². The average molecular weight is 196 g/mol. The lowest BCUT2D eigenvalue weighted by Gasteiger charge is -1.99. The van der Waals surface area contributed by atoms with Crippen LogP contribution in [0.15, 0.2) is 10.6 Å². The number of carbonyl (C=O) groups excluding carboxylic acids is 2. The highest BCUT2D eigenvalue weighted by Gasteiger charge is 2.06. The monoisotopic (exact) mass is 196 g/mol. The van der Waals surface area contributed by atoms with Crippen LogP contribution in [0.1, 0.15) is 24.8 Å². The fourth-order valence-electron chi connectivity index (χ4n) is 0.979. The zero-order valence-corrected chi connectivity index (χ0v) is 8.16. The summed E-state index contributed by atoms with van der Waals surface area (Å²) in [5, 5.41) is 6.25. The number of aryl methyl sites for hydroxylation is 1. The Bertz CT molecular complexity index is 344. The van der Waals surface area contributed by atoms with Crippen molar-refractivity contribution < 1.29 is 14.1 Å². The van der Waals surface area contributed by atoms with Gasteiger partial charge in [0.2, 0.25) is 5.91 Å². The van der Waals surface area contributed by atoms with Crippen LogP contribution in [-0.4, -0.2) is 16.8 Å². The Labute approximate surface area is 81.5 Å². The van der Waals surface area contributed by atoms with Crippen LogP contribution in [0, 0.1) is 6.92 Å². The molecule has 0 bridgehead atoms. The molecule has 0 aliphatic carbocycles. The number of rotatable bonds is 4. The minimum absolute atomic E-state index is 0.0865. The van der Waals surface area contributed by atoms with Gasteiger partial charge in [0, 0.05) is 6.07 Å². The van der Waals surface area contributed by atoms with Gasteiger partial charge < -0.3 is 9.84 Å². The molecule has 14 heavy (non-hydrogen) atoms. The van der Waals surface area contributed by atoms with Gasteiger partial charge in [0.25, 0.3) is 0 Å². The lowest BCUT2D eigenvalue weighted by molar-refractivity contribution is -0.127. The third-order valence-corrected chi connectivity index (χ3v) is 1.55. The summed E-state index contributed by atoms with van der Waals surface area (Å²) in [7, 11) is 0. The van der Waals surface area contributed by atoms with E-state index in [0.29, 0.717) is 18.0 Å². The Kier molecular flexibility index (Phi) is 3.39. The second kappa shape index (κ2) is 4.55. The number of amides is 1. The summed E-state index contributed by atoms with van der Waals surface area (Å²) in [6.45, 7) is 3.44. The van der Waals surface area contributed by atoms with E-state index in [-0.39, 0.29) is 18.1 Å². The van der Waals surface area contributed by atoms with Gasteiger partial charge in [0.1, 0.15) is 17.2 Å². The predicted octanol–water partition coefficient (Wildman–Crippen LogP) is 0.578. The van der Waals surface area contributed by atoms with E-state index in [0.717, 1.165) is 0 Å².